The molecule has 0 amide bonds. The molecule has 2 aliphatic heterocycles. The van der Waals surface area contributed by atoms with Crippen molar-refractivity contribution in [3.63, 3.8) is 0 Å². The summed E-state index contributed by atoms with van der Waals surface area (Å²) in [6, 6.07) is 5.28. The topological polar surface area (TPSA) is 131 Å². The molecule has 0 radical (unpaired) electrons. The number of hydrogen-bond acceptors (Lipinski definition) is 8. The first-order valence-corrected chi connectivity index (χ1v) is 11.1. The molecule has 5 N–H and O–H groups in total. The molecule has 8 nitrogen and oxygen atoms in total. The van der Waals surface area contributed by atoms with E-state index in [-0.39, 0.29) is 33.5 Å². The second-order valence-electron chi connectivity index (χ2n) is 8.93. The molecule has 5 atom stereocenters. The Hall–Kier alpha value is -4.08. The minimum atomic E-state index is -1.58. The highest BCUT2D eigenvalue weighted by molar-refractivity contribution is 6.31. The predicted molar refractivity (Wildman–Crippen MR) is 126 cm³/mol. The maximum absolute atomic E-state index is 13.7. The summed E-state index contributed by atoms with van der Waals surface area (Å²) in [4.78, 5) is 27.2. The quantitative estimate of drug-likeness (QED) is 0.216. The van der Waals surface area contributed by atoms with Crippen LogP contribution in [0.15, 0.2) is 36.4 Å². The van der Waals surface area contributed by atoms with E-state index in [4.69, 9.17) is 4.74 Å². The lowest BCUT2D eigenvalue weighted by atomic mass is 9.69. The molecule has 1 fully saturated rings. The molecule has 1 saturated heterocycles. The summed E-state index contributed by atoms with van der Waals surface area (Å²) in [7, 11) is 1.70. The van der Waals surface area contributed by atoms with Gasteiger partial charge in [-0.2, -0.15) is 0 Å². The minimum absolute atomic E-state index is 0.0247. The first-order valence-electron chi connectivity index (χ1n) is 11.1. The van der Waals surface area contributed by atoms with Gasteiger partial charge in [0.15, 0.2) is 28.9 Å². The third kappa shape index (κ3) is 2.48. The molecule has 8 heteroatoms. The van der Waals surface area contributed by atoms with Crippen molar-refractivity contribution in [3.8, 4) is 29.4 Å². The molecule has 5 unspecified atom stereocenters. The van der Waals surface area contributed by atoms with Crippen molar-refractivity contribution in [2.24, 2.45) is 0 Å². The van der Waals surface area contributed by atoms with Gasteiger partial charge in [-0.15, -0.1) is 0 Å². The Morgan fingerprint density at radius 1 is 1.09 bits per heavy atom. The largest absolute Gasteiger partial charge is 0.507 e. The number of aliphatic hydroxyl groups excluding tert-OH is 2. The summed E-state index contributed by atoms with van der Waals surface area (Å²) in [5, 5.41) is 39.1. The Labute approximate surface area is 200 Å². The number of ketones is 2. The number of benzene rings is 2. The number of fused-ring (bicyclic) bond motifs is 4. The Morgan fingerprint density at radius 3 is 2.51 bits per heavy atom. The molecule has 2 aliphatic carbocycles. The Balaban J connectivity index is 1.66. The summed E-state index contributed by atoms with van der Waals surface area (Å²) >= 11 is 0. The molecule has 35 heavy (non-hydrogen) atoms. The maximum Gasteiger partial charge on any atom is 0.198 e. The second kappa shape index (κ2) is 6.97. The molecule has 2 bridgehead atoms. The number of rotatable bonds is 2. The summed E-state index contributed by atoms with van der Waals surface area (Å²) in [6.45, 7) is 1.52. The van der Waals surface area contributed by atoms with Crippen LogP contribution < -0.4 is 10.6 Å². The van der Waals surface area contributed by atoms with E-state index < -0.39 is 46.8 Å². The van der Waals surface area contributed by atoms with Crippen LogP contribution in [0.5, 0.6) is 5.75 Å². The van der Waals surface area contributed by atoms with E-state index in [9.17, 15) is 24.9 Å². The average Bonchev–Trinajstić information content (AvgIpc) is 3.57. The summed E-state index contributed by atoms with van der Waals surface area (Å²) in [5.74, 6) is 9.87. The van der Waals surface area contributed by atoms with Crippen LogP contribution in [0.3, 0.4) is 0 Å². The number of aromatic hydroxyl groups is 1. The Bertz CT molecular complexity index is 1520. The Kier molecular flexibility index (Phi) is 4.27. The van der Waals surface area contributed by atoms with Crippen molar-refractivity contribution in [1.82, 2.24) is 0 Å². The van der Waals surface area contributed by atoms with Crippen LogP contribution in [0, 0.1) is 23.7 Å². The third-order valence-electron chi connectivity index (χ3n) is 7.25. The minimum Gasteiger partial charge on any atom is -0.507 e. The molecule has 174 valence electrons. The van der Waals surface area contributed by atoms with Gasteiger partial charge in [0.1, 0.15) is 11.8 Å². The van der Waals surface area contributed by atoms with E-state index in [1.54, 1.807) is 25.2 Å². The van der Waals surface area contributed by atoms with Crippen LogP contribution in [0.2, 0.25) is 0 Å². The number of epoxide rings is 1. The number of anilines is 2. The predicted octanol–water partition coefficient (Wildman–Crippen LogP) is 1.29. The molecular weight excluding hydrogens is 448 g/mol. The highest BCUT2D eigenvalue weighted by Crippen LogP contribution is 2.67. The van der Waals surface area contributed by atoms with Gasteiger partial charge in [0.2, 0.25) is 0 Å². The molecular formula is C27H20N2O6. The van der Waals surface area contributed by atoms with Gasteiger partial charge in [0.05, 0.1) is 22.9 Å². The third-order valence-corrected chi connectivity index (χ3v) is 7.25. The molecule has 4 aliphatic rings. The SMILES string of the molecule is CNc1ccc2c(c1)C(=O)c1c(O)cc3c(c1C2=O)NC1C#CC=CC#CC(O)C32OC12C(C)O. The molecule has 2 aromatic carbocycles. The van der Waals surface area contributed by atoms with Crippen molar-refractivity contribution in [2.75, 3.05) is 17.7 Å². The molecule has 2 heterocycles. The van der Waals surface area contributed by atoms with Gasteiger partial charge in [-0.05, 0) is 43.3 Å². The van der Waals surface area contributed by atoms with Crippen LogP contribution in [0.25, 0.3) is 0 Å². The smallest absolute Gasteiger partial charge is 0.198 e. The number of phenolic OH excluding ortho intramolecular Hbond substituents is 1. The summed E-state index contributed by atoms with van der Waals surface area (Å²) in [6.07, 6.45) is 0.490. The monoisotopic (exact) mass is 468 g/mol. The molecule has 2 aromatic rings. The average molecular weight is 468 g/mol. The van der Waals surface area contributed by atoms with E-state index in [0.29, 0.717) is 5.69 Å². The fraction of sp³-hybridized carbons (Fsp3) is 0.259. The van der Waals surface area contributed by atoms with Crippen molar-refractivity contribution < 1.29 is 29.6 Å². The van der Waals surface area contributed by atoms with Gasteiger partial charge in [-0.1, -0.05) is 23.7 Å². The fourth-order valence-corrected chi connectivity index (χ4v) is 5.60. The van der Waals surface area contributed by atoms with E-state index in [1.807, 2.05) is 0 Å². The standard InChI is InChI=1S/C27H20N2O6/c1-13(30)26-19-7-5-3-4-6-8-20(32)27(26,35-26)17-12-18(31)21-22(23(17)29-19)24(33)15-10-9-14(28-2)11-16(15)25(21)34/h3-4,9-13,19-20,28-32H,1-2H3. The van der Waals surface area contributed by atoms with Gasteiger partial charge in [0.25, 0.3) is 0 Å². The van der Waals surface area contributed by atoms with Crippen LogP contribution in [-0.4, -0.2) is 57.8 Å². The number of aliphatic hydroxyl groups is 2. The fourth-order valence-electron chi connectivity index (χ4n) is 5.60. The number of ether oxygens (including phenoxy) is 1. The first-order chi connectivity index (χ1) is 16.8. The number of carbonyl (C=O) groups excluding carboxylic acids is 2. The van der Waals surface area contributed by atoms with E-state index in [1.165, 1.54) is 25.1 Å². The van der Waals surface area contributed by atoms with Crippen molar-refractivity contribution in [3.05, 3.63) is 64.2 Å². The zero-order valence-corrected chi connectivity index (χ0v) is 18.8. The van der Waals surface area contributed by atoms with Gasteiger partial charge < -0.3 is 30.7 Å². The summed E-state index contributed by atoms with van der Waals surface area (Å²) < 4.78 is 6.15. The van der Waals surface area contributed by atoms with Crippen molar-refractivity contribution in [1.29, 1.82) is 0 Å². The van der Waals surface area contributed by atoms with E-state index in [2.05, 4.69) is 34.3 Å². The number of allylic oxidation sites excluding steroid dienone is 2. The van der Waals surface area contributed by atoms with Gasteiger partial charge >= 0.3 is 0 Å². The van der Waals surface area contributed by atoms with Crippen LogP contribution in [-0.2, 0) is 10.3 Å². The number of carbonyl (C=O) groups is 2. The van der Waals surface area contributed by atoms with Crippen LogP contribution in [0.1, 0.15) is 44.3 Å². The lowest BCUT2D eigenvalue weighted by Crippen LogP contribution is -2.54. The van der Waals surface area contributed by atoms with Crippen molar-refractivity contribution in [2.45, 2.75) is 36.4 Å². The van der Waals surface area contributed by atoms with Gasteiger partial charge in [-0.3, -0.25) is 9.59 Å². The number of hydrogen-bond donors (Lipinski definition) is 5. The highest BCUT2D eigenvalue weighted by Gasteiger charge is 2.82. The second-order valence-corrected chi connectivity index (χ2v) is 8.93. The lowest BCUT2D eigenvalue weighted by molar-refractivity contribution is 0.0867. The van der Waals surface area contributed by atoms with Gasteiger partial charge in [-0.25, -0.2) is 0 Å². The van der Waals surface area contributed by atoms with E-state index in [0.717, 1.165) is 0 Å². The molecule has 6 rings (SSSR count). The highest BCUT2D eigenvalue weighted by atomic mass is 16.7. The maximum atomic E-state index is 13.7. The number of phenols is 1. The molecule has 0 aromatic heterocycles. The number of nitrogens with one attached hydrogen (secondary N) is 2. The van der Waals surface area contributed by atoms with Crippen LogP contribution in [0.4, 0.5) is 11.4 Å². The van der Waals surface area contributed by atoms with Gasteiger partial charge in [0, 0.05) is 29.4 Å². The first kappa shape index (κ1) is 21.5. The molecule has 0 spiro atoms. The Morgan fingerprint density at radius 2 is 1.80 bits per heavy atom. The van der Waals surface area contributed by atoms with Crippen molar-refractivity contribution >= 4 is 22.9 Å². The zero-order valence-electron chi connectivity index (χ0n) is 18.8. The van der Waals surface area contributed by atoms with E-state index >= 15 is 0 Å². The van der Waals surface area contributed by atoms with Crippen LogP contribution >= 0.6 is 0 Å². The normalized spacial score (nSPS) is 29.5. The zero-order chi connectivity index (χ0) is 24.7. The lowest BCUT2D eigenvalue weighted by Gasteiger charge is -2.37. The summed E-state index contributed by atoms with van der Waals surface area (Å²) in [5.41, 5.74) is -1.66. The molecule has 0 saturated carbocycles.